The second kappa shape index (κ2) is 8.43. The van der Waals surface area contributed by atoms with Gasteiger partial charge in [0.1, 0.15) is 23.3 Å². The Balaban J connectivity index is 1.02. The molecule has 4 heterocycles. The maximum absolute atomic E-state index is 4.98. The summed E-state index contributed by atoms with van der Waals surface area (Å²) in [7, 11) is 0. The molecule has 4 atom stereocenters. The van der Waals surface area contributed by atoms with E-state index in [1.54, 1.807) is 0 Å². The minimum atomic E-state index is 0.434. The largest absolute Gasteiger partial charge is 0.365 e. The molecule has 8 nitrogen and oxygen atoms in total. The normalized spacial score (nSPS) is 26.9. The molecule has 2 aliphatic carbocycles. The monoisotopic (exact) mass is 492 g/mol. The van der Waals surface area contributed by atoms with Gasteiger partial charge in [0.2, 0.25) is 0 Å². The number of imidazole rings is 2. The summed E-state index contributed by atoms with van der Waals surface area (Å²) in [4.78, 5) is 26.7. The Hall–Kier alpha value is -3.68. The van der Waals surface area contributed by atoms with Gasteiger partial charge in [-0.25, -0.2) is 9.97 Å². The molecule has 2 aromatic heterocycles. The summed E-state index contributed by atoms with van der Waals surface area (Å²) >= 11 is 0. The minimum Gasteiger partial charge on any atom is -0.365 e. The Labute approximate surface area is 215 Å². The predicted molar refractivity (Wildman–Crippen MR) is 146 cm³/mol. The molecule has 4 unspecified atom stereocenters. The fourth-order valence-electron chi connectivity index (χ4n) is 6.68. The van der Waals surface area contributed by atoms with Crippen molar-refractivity contribution in [2.24, 2.45) is 9.98 Å². The van der Waals surface area contributed by atoms with E-state index in [1.165, 1.54) is 51.4 Å². The summed E-state index contributed by atoms with van der Waals surface area (Å²) in [6, 6.07) is 14.7. The molecule has 0 bridgehead atoms. The lowest BCUT2D eigenvalue weighted by atomic mass is 9.92. The third-order valence-electron chi connectivity index (χ3n) is 8.64. The number of benzene rings is 2. The highest BCUT2D eigenvalue weighted by atomic mass is 15.1. The molecule has 4 N–H and O–H groups in total. The average molecular weight is 493 g/mol. The first-order valence-corrected chi connectivity index (χ1v) is 13.9. The van der Waals surface area contributed by atoms with E-state index in [1.807, 2.05) is 0 Å². The van der Waals surface area contributed by atoms with Crippen LogP contribution in [-0.4, -0.2) is 55.8 Å². The lowest BCUT2D eigenvalue weighted by molar-refractivity contribution is 0.385. The number of H-pyrrole nitrogens is 2. The maximum atomic E-state index is 4.98. The van der Waals surface area contributed by atoms with Crippen LogP contribution in [0.25, 0.3) is 22.1 Å². The zero-order valence-electron chi connectivity index (χ0n) is 20.9. The molecule has 2 fully saturated rings. The maximum Gasteiger partial charge on any atom is 0.128 e. The van der Waals surface area contributed by atoms with Gasteiger partial charge >= 0.3 is 0 Å². The molecule has 2 saturated carbocycles. The summed E-state index contributed by atoms with van der Waals surface area (Å²) in [5.41, 5.74) is 6.27. The first kappa shape index (κ1) is 21.4. The Morgan fingerprint density at radius 2 is 1.11 bits per heavy atom. The van der Waals surface area contributed by atoms with Crippen molar-refractivity contribution in [2.45, 2.75) is 82.0 Å². The van der Waals surface area contributed by atoms with Gasteiger partial charge in [-0.3, -0.25) is 9.98 Å². The van der Waals surface area contributed by atoms with Crippen molar-refractivity contribution in [3.63, 3.8) is 0 Å². The fraction of sp³-hybridized carbons (Fsp3) is 0.448. The van der Waals surface area contributed by atoms with Crippen LogP contribution in [-0.2, 0) is 6.42 Å². The molecule has 0 radical (unpaired) electrons. The smallest absolute Gasteiger partial charge is 0.128 e. The number of fused-ring (bicyclic) bond motifs is 4. The molecule has 0 amide bonds. The number of nitrogens with zero attached hydrogens (tertiary/aromatic N) is 4. The molecule has 8 rings (SSSR count). The lowest BCUT2D eigenvalue weighted by Gasteiger charge is -2.23. The van der Waals surface area contributed by atoms with Crippen LogP contribution in [0, 0.1) is 0 Å². The first-order valence-electron chi connectivity index (χ1n) is 13.9. The van der Waals surface area contributed by atoms with E-state index < -0.39 is 0 Å². The van der Waals surface area contributed by atoms with Crippen LogP contribution in [0.3, 0.4) is 0 Å². The zero-order chi connectivity index (χ0) is 24.3. The van der Waals surface area contributed by atoms with Gasteiger partial charge in [-0.2, -0.15) is 0 Å². The number of aromatic nitrogens is 4. The molecular formula is C29H32N8. The van der Waals surface area contributed by atoms with E-state index in [9.17, 15) is 0 Å². The number of amidine groups is 2. The summed E-state index contributed by atoms with van der Waals surface area (Å²) in [6.45, 7) is 0. The summed E-state index contributed by atoms with van der Waals surface area (Å²) < 4.78 is 0. The Morgan fingerprint density at radius 3 is 1.59 bits per heavy atom. The van der Waals surface area contributed by atoms with Crippen LogP contribution in [0.15, 0.2) is 46.4 Å². The van der Waals surface area contributed by atoms with Gasteiger partial charge in [0.15, 0.2) is 0 Å². The average Bonchev–Trinajstić information content (AvgIpc) is 3.70. The fourth-order valence-corrected chi connectivity index (χ4v) is 6.68. The van der Waals surface area contributed by atoms with Gasteiger partial charge < -0.3 is 20.6 Å². The SMILES string of the molecule is c1cc2[nH]c(Cc3nc4cc(C5=NC6CCCCC6N5)ccc4[nH]3)nc2cc1C1=NC2CCCCC2N1. The molecular weight excluding hydrogens is 460 g/mol. The Morgan fingerprint density at radius 1 is 0.622 bits per heavy atom. The third kappa shape index (κ3) is 3.81. The van der Waals surface area contributed by atoms with Gasteiger partial charge in [0.25, 0.3) is 0 Å². The predicted octanol–water partition coefficient (Wildman–Crippen LogP) is 4.35. The Kier molecular flexibility index (Phi) is 4.88. The number of aliphatic imine (C=N–C) groups is 2. The first-order chi connectivity index (χ1) is 18.2. The third-order valence-corrected chi connectivity index (χ3v) is 8.64. The molecule has 188 valence electrons. The number of nitrogens with one attached hydrogen (secondary N) is 4. The highest BCUT2D eigenvalue weighted by molar-refractivity contribution is 6.03. The number of hydrogen-bond acceptors (Lipinski definition) is 6. The van der Waals surface area contributed by atoms with Gasteiger partial charge in [-0.1, -0.05) is 25.7 Å². The molecule has 4 aliphatic rings. The Bertz CT molecular complexity index is 1440. The van der Waals surface area contributed by atoms with Crippen LogP contribution in [0.1, 0.15) is 74.1 Å². The number of aromatic amines is 2. The van der Waals surface area contributed by atoms with Gasteiger partial charge in [0, 0.05) is 23.2 Å². The summed E-state index contributed by atoms with van der Waals surface area (Å²) in [6.07, 6.45) is 10.6. The molecule has 8 heteroatoms. The number of rotatable bonds is 4. The van der Waals surface area contributed by atoms with E-state index in [2.05, 4.69) is 57.0 Å². The van der Waals surface area contributed by atoms with Crippen molar-refractivity contribution in [3.05, 3.63) is 59.2 Å². The van der Waals surface area contributed by atoms with Gasteiger partial charge in [-0.15, -0.1) is 0 Å². The quantitative estimate of drug-likeness (QED) is 0.340. The van der Waals surface area contributed by atoms with E-state index in [-0.39, 0.29) is 0 Å². The van der Waals surface area contributed by atoms with Crippen molar-refractivity contribution in [1.82, 2.24) is 30.6 Å². The van der Waals surface area contributed by atoms with Crippen molar-refractivity contribution in [1.29, 1.82) is 0 Å². The second-order valence-electron chi connectivity index (χ2n) is 11.2. The van der Waals surface area contributed by atoms with Crippen LogP contribution in [0.2, 0.25) is 0 Å². The van der Waals surface area contributed by atoms with Crippen LogP contribution >= 0.6 is 0 Å². The highest BCUT2D eigenvalue weighted by Gasteiger charge is 2.32. The molecule has 2 aliphatic heterocycles. The van der Waals surface area contributed by atoms with Crippen LogP contribution in [0.5, 0.6) is 0 Å². The lowest BCUT2D eigenvalue weighted by Crippen LogP contribution is -2.36. The van der Waals surface area contributed by atoms with Crippen molar-refractivity contribution in [2.75, 3.05) is 0 Å². The van der Waals surface area contributed by atoms with Gasteiger partial charge in [0.05, 0.1) is 40.6 Å². The molecule has 0 saturated heterocycles. The number of hydrogen-bond donors (Lipinski definition) is 4. The summed E-state index contributed by atoms with van der Waals surface area (Å²) in [5, 5.41) is 7.32. The molecule has 2 aromatic carbocycles. The molecule has 37 heavy (non-hydrogen) atoms. The topological polar surface area (TPSA) is 106 Å². The van der Waals surface area contributed by atoms with Crippen LogP contribution < -0.4 is 10.6 Å². The van der Waals surface area contributed by atoms with Crippen molar-refractivity contribution >= 4 is 33.7 Å². The van der Waals surface area contributed by atoms with Crippen LogP contribution in [0.4, 0.5) is 0 Å². The second-order valence-corrected chi connectivity index (χ2v) is 11.2. The van der Waals surface area contributed by atoms with E-state index in [0.717, 1.165) is 56.5 Å². The molecule has 4 aromatic rings. The molecule has 0 spiro atoms. The van der Waals surface area contributed by atoms with E-state index >= 15 is 0 Å². The standard InChI is InChI=1S/C29H32N8/c1-2-6-19-18(5-1)34-28(35-19)16-9-11-22-24(13-16)32-26(30-22)15-27-31-23-12-10-17(14-25(23)33-27)29-36-20-7-3-4-8-21(20)37-29/h9-14,18-21H,1-8,15H2,(H,30,32)(H,31,33)(H,34,35)(H,36,37). The highest BCUT2D eigenvalue weighted by Crippen LogP contribution is 2.28. The van der Waals surface area contributed by atoms with Crippen molar-refractivity contribution < 1.29 is 0 Å². The van der Waals surface area contributed by atoms with E-state index in [0.29, 0.717) is 30.6 Å². The van der Waals surface area contributed by atoms with E-state index in [4.69, 9.17) is 20.0 Å². The van der Waals surface area contributed by atoms with Gasteiger partial charge in [-0.05, 0) is 62.1 Å². The summed E-state index contributed by atoms with van der Waals surface area (Å²) in [5.74, 6) is 3.87. The minimum absolute atomic E-state index is 0.434. The zero-order valence-corrected chi connectivity index (χ0v) is 20.9. The van der Waals surface area contributed by atoms with Crippen molar-refractivity contribution in [3.8, 4) is 0 Å².